The maximum atomic E-state index is 7.87. The minimum Gasteiger partial charge on any atom is -0.491 e. The predicted octanol–water partition coefficient (Wildman–Crippen LogP) is 1.65. The number of fused-ring (bicyclic) bond motifs is 1. The number of nitrogens with zero attached hydrogens (tertiary/aromatic N) is 8. The van der Waals surface area contributed by atoms with E-state index in [1.165, 1.54) is 29.1 Å². The highest BCUT2D eigenvalue weighted by Gasteiger charge is 2.19. The maximum absolute atomic E-state index is 7.87. The van der Waals surface area contributed by atoms with E-state index in [0.717, 1.165) is 38.4 Å². The van der Waals surface area contributed by atoms with E-state index in [4.69, 9.17) is 24.5 Å². The summed E-state index contributed by atoms with van der Waals surface area (Å²) in [6, 6.07) is 8.33. The van der Waals surface area contributed by atoms with Crippen molar-refractivity contribution in [3.8, 4) is 17.5 Å². The van der Waals surface area contributed by atoms with Crippen molar-refractivity contribution in [3.05, 3.63) is 42.8 Å². The summed E-state index contributed by atoms with van der Waals surface area (Å²) in [7, 11) is -1.19. The zero-order valence-corrected chi connectivity index (χ0v) is 19.7. The third kappa shape index (κ3) is 5.34. The Morgan fingerprint density at radius 2 is 2.00 bits per heavy atom. The Morgan fingerprint density at radius 1 is 1.17 bits per heavy atom. The zero-order valence-electron chi connectivity index (χ0n) is 26.7. The van der Waals surface area contributed by atoms with Gasteiger partial charge < -0.3 is 29.4 Å². The quantitative estimate of drug-likeness (QED) is 0.342. The highest BCUT2D eigenvalue weighted by Crippen LogP contribution is 2.22. The smallest absolute Gasteiger partial charge is 0.266 e. The van der Waals surface area contributed by atoms with Gasteiger partial charge in [0, 0.05) is 65.1 Å². The van der Waals surface area contributed by atoms with Crippen LogP contribution < -0.4 is 20.3 Å². The molecule has 1 aromatic carbocycles. The van der Waals surface area contributed by atoms with Crippen LogP contribution in [0.4, 0.5) is 17.5 Å². The summed E-state index contributed by atoms with van der Waals surface area (Å²) < 4.78 is 68.4. The van der Waals surface area contributed by atoms with Gasteiger partial charge in [0.05, 0.1) is 22.4 Å². The molecule has 12 heteroatoms. The van der Waals surface area contributed by atoms with Crippen molar-refractivity contribution in [1.29, 1.82) is 0 Å². The van der Waals surface area contributed by atoms with Crippen LogP contribution in [0.3, 0.4) is 0 Å². The minimum atomic E-state index is -3.20. The number of anilines is 3. The van der Waals surface area contributed by atoms with Crippen molar-refractivity contribution in [2.75, 3.05) is 82.0 Å². The van der Waals surface area contributed by atoms with Gasteiger partial charge in [0.15, 0.2) is 5.65 Å². The molecule has 0 saturated carbocycles. The van der Waals surface area contributed by atoms with Gasteiger partial charge in [-0.15, -0.1) is 5.10 Å². The van der Waals surface area contributed by atoms with Gasteiger partial charge in [-0.3, -0.25) is 4.90 Å². The SMILES string of the molecule is [2H]C([2H])([2H])OC([2H])([2H])C([2H])([2H])Oc1ccc(N2CCN(CCN(C)c3cc4nc(-c5ncco5)nn4c(N)n3)CC2)cc1. The molecule has 0 spiro atoms. The number of piperazine rings is 1. The average Bonchev–Trinajstić information content (AvgIpc) is 3.61. The highest BCUT2D eigenvalue weighted by molar-refractivity contribution is 5.58. The average molecular weight is 501 g/mol. The molecular formula is C24H31N9O3. The number of rotatable bonds is 10. The van der Waals surface area contributed by atoms with Gasteiger partial charge in [-0.2, -0.15) is 9.50 Å². The molecule has 0 atom stereocenters. The summed E-state index contributed by atoms with van der Waals surface area (Å²) in [4.78, 5) is 19.5. The van der Waals surface area contributed by atoms with Crippen LogP contribution in [0.1, 0.15) is 9.60 Å². The lowest BCUT2D eigenvalue weighted by molar-refractivity contribution is 0.146. The highest BCUT2D eigenvalue weighted by atomic mass is 16.5. The van der Waals surface area contributed by atoms with E-state index in [1.54, 1.807) is 18.2 Å². The second kappa shape index (κ2) is 10.8. The largest absolute Gasteiger partial charge is 0.491 e. The molecule has 3 aromatic heterocycles. The Kier molecular flexibility index (Phi) is 5.01. The monoisotopic (exact) mass is 500 g/mol. The van der Waals surface area contributed by atoms with Crippen molar-refractivity contribution in [1.82, 2.24) is 29.5 Å². The number of nitrogen functional groups attached to an aromatic ring is 1. The van der Waals surface area contributed by atoms with E-state index in [-0.39, 0.29) is 11.7 Å². The molecule has 36 heavy (non-hydrogen) atoms. The van der Waals surface area contributed by atoms with Crippen molar-refractivity contribution >= 4 is 23.1 Å². The van der Waals surface area contributed by atoms with E-state index < -0.39 is 20.2 Å². The molecule has 1 aliphatic rings. The lowest BCUT2D eigenvalue weighted by Crippen LogP contribution is -2.48. The lowest BCUT2D eigenvalue weighted by atomic mass is 10.2. The van der Waals surface area contributed by atoms with Crippen LogP contribution in [-0.4, -0.2) is 95.9 Å². The molecule has 5 rings (SSSR count). The summed E-state index contributed by atoms with van der Waals surface area (Å²) in [5.41, 5.74) is 7.57. The zero-order chi connectivity index (χ0) is 31.0. The first-order chi connectivity index (χ1) is 20.2. The number of oxazole rings is 1. The Bertz CT molecular complexity index is 1520. The molecule has 1 aliphatic heterocycles. The van der Waals surface area contributed by atoms with Crippen LogP contribution in [0.25, 0.3) is 17.4 Å². The van der Waals surface area contributed by atoms with Crippen LogP contribution in [0.15, 0.2) is 47.2 Å². The summed E-state index contributed by atoms with van der Waals surface area (Å²) in [5, 5.41) is 4.32. The van der Waals surface area contributed by atoms with Crippen molar-refractivity contribution in [3.63, 3.8) is 0 Å². The Balaban J connectivity index is 1.12. The van der Waals surface area contributed by atoms with E-state index in [0.29, 0.717) is 29.7 Å². The number of likely N-dealkylation sites (N-methyl/N-ethyl adjacent to an activating group) is 1. The summed E-state index contributed by atoms with van der Waals surface area (Å²) in [5.74, 6) is 1.53. The molecule has 0 aliphatic carbocycles. The minimum absolute atomic E-state index is 0.0425. The molecule has 2 N–H and O–H groups in total. The molecule has 4 aromatic rings. The number of hydrogen-bond acceptors (Lipinski definition) is 11. The van der Waals surface area contributed by atoms with Crippen molar-refractivity contribution in [2.45, 2.75) is 0 Å². The predicted molar refractivity (Wildman–Crippen MR) is 136 cm³/mol. The van der Waals surface area contributed by atoms with E-state index >= 15 is 0 Å². The molecule has 4 heterocycles. The molecule has 1 saturated heterocycles. The van der Waals surface area contributed by atoms with Gasteiger partial charge in [-0.1, -0.05) is 0 Å². The third-order valence-electron chi connectivity index (χ3n) is 5.94. The van der Waals surface area contributed by atoms with Crippen molar-refractivity contribution in [2.24, 2.45) is 0 Å². The van der Waals surface area contributed by atoms with Gasteiger partial charge >= 0.3 is 0 Å². The topological polar surface area (TPSA) is 123 Å². The van der Waals surface area contributed by atoms with Crippen LogP contribution in [-0.2, 0) is 4.74 Å². The molecule has 1 fully saturated rings. The number of ether oxygens (including phenoxy) is 2. The molecule has 0 unspecified atom stereocenters. The number of methoxy groups -OCH3 is 1. The third-order valence-corrected chi connectivity index (χ3v) is 5.94. The lowest BCUT2D eigenvalue weighted by Gasteiger charge is -2.36. The Labute approximate surface area is 219 Å². The van der Waals surface area contributed by atoms with E-state index in [2.05, 4.69) is 34.6 Å². The molecular weight excluding hydrogens is 462 g/mol. The fourth-order valence-electron chi connectivity index (χ4n) is 3.98. The second-order valence-corrected chi connectivity index (χ2v) is 8.17. The molecule has 0 amide bonds. The van der Waals surface area contributed by atoms with Gasteiger partial charge in [0.25, 0.3) is 5.89 Å². The van der Waals surface area contributed by atoms with Crippen LogP contribution in [0.5, 0.6) is 5.75 Å². The second-order valence-electron chi connectivity index (χ2n) is 8.17. The normalized spacial score (nSPS) is 18.5. The molecule has 190 valence electrons. The van der Waals surface area contributed by atoms with Crippen LogP contribution >= 0.6 is 0 Å². The van der Waals surface area contributed by atoms with Gasteiger partial charge in [-0.25, -0.2) is 9.97 Å². The van der Waals surface area contributed by atoms with Gasteiger partial charge in [-0.05, 0) is 24.3 Å². The van der Waals surface area contributed by atoms with Crippen LogP contribution in [0, 0.1) is 0 Å². The fourth-order valence-corrected chi connectivity index (χ4v) is 3.98. The van der Waals surface area contributed by atoms with Gasteiger partial charge in [0.2, 0.25) is 11.8 Å². The number of nitrogens with two attached hydrogens (primary N) is 1. The first-order valence-corrected chi connectivity index (χ1v) is 11.3. The maximum Gasteiger partial charge on any atom is 0.266 e. The van der Waals surface area contributed by atoms with E-state index in [1.807, 2.05) is 11.9 Å². The fraction of sp³-hybridized carbons (Fsp3) is 0.417. The summed E-state index contributed by atoms with van der Waals surface area (Å²) in [6.45, 7) is -1.57. The number of benzene rings is 1. The molecule has 0 bridgehead atoms. The summed E-state index contributed by atoms with van der Waals surface area (Å²) >= 11 is 0. The van der Waals surface area contributed by atoms with Crippen LogP contribution in [0.2, 0.25) is 0 Å². The standard InChI is InChI=1S/C24H31N9O3/c1-30(20-17-21-27-22(23-26-7-14-36-23)29-33(21)24(25)28-20)8-9-31-10-12-32(13-11-31)18-3-5-19(6-4-18)35-16-15-34-2/h3-7,14,17H,8-13,15-16H2,1-2H3,(H2,25,28)/i2D3,15D2,16D2. The Hall–Kier alpha value is -3.90. The summed E-state index contributed by atoms with van der Waals surface area (Å²) in [6.07, 6.45) is 2.97. The number of hydrogen-bond donors (Lipinski definition) is 1. The first kappa shape index (κ1) is 16.7. The van der Waals surface area contributed by atoms with E-state index in [9.17, 15) is 0 Å². The van der Waals surface area contributed by atoms with Crippen molar-refractivity contribution < 1.29 is 23.5 Å². The molecule has 0 radical (unpaired) electrons. The Morgan fingerprint density at radius 3 is 2.75 bits per heavy atom. The van der Waals surface area contributed by atoms with Gasteiger partial charge in [0.1, 0.15) is 24.4 Å². The first-order valence-electron chi connectivity index (χ1n) is 14.8. The molecule has 12 nitrogen and oxygen atoms in total. The number of aromatic nitrogens is 5.